The Balaban J connectivity index is 1.29. The average Bonchev–Trinajstić information content (AvgIpc) is 3.31. The van der Waals surface area contributed by atoms with Gasteiger partial charge in [-0.15, -0.1) is 0 Å². The van der Waals surface area contributed by atoms with E-state index >= 15 is 0 Å². The lowest BCUT2D eigenvalue weighted by Gasteiger charge is -2.35. The Morgan fingerprint density at radius 3 is 2.72 bits per heavy atom. The fraction of sp³-hybridized carbons (Fsp3) is 0.550. The lowest BCUT2D eigenvalue weighted by molar-refractivity contribution is 0.0706. The van der Waals surface area contributed by atoms with E-state index < -0.39 is 0 Å². The first-order valence-corrected chi connectivity index (χ1v) is 9.47. The molecule has 25 heavy (non-hydrogen) atoms. The topological polar surface area (TPSA) is 33.5 Å². The van der Waals surface area contributed by atoms with Gasteiger partial charge >= 0.3 is 0 Å². The van der Waals surface area contributed by atoms with E-state index in [4.69, 9.17) is 4.74 Å². The zero-order valence-corrected chi connectivity index (χ0v) is 14.9. The number of rotatable bonds is 7. The molecule has 4 rings (SSSR count). The molecule has 1 aromatic heterocycles. The van der Waals surface area contributed by atoms with Crippen molar-refractivity contribution < 1.29 is 4.74 Å². The van der Waals surface area contributed by atoms with Crippen LogP contribution in [0.4, 0.5) is 0 Å². The Labute approximate surface area is 150 Å². The van der Waals surface area contributed by atoms with Crippen molar-refractivity contribution in [3.63, 3.8) is 0 Å². The summed E-state index contributed by atoms with van der Waals surface area (Å²) in [5.74, 6) is 0. The molecule has 2 aliphatic rings. The predicted molar refractivity (Wildman–Crippen MR) is 98.3 cm³/mol. The second-order valence-corrected chi connectivity index (χ2v) is 7.20. The number of hydrogen-bond acceptors (Lipinski definition) is 4. The molecule has 0 aliphatic carbocycles. The third-order valence-corrected chi connectivity index (χ3v) is 5.28. The van der Waals surface area contributed by atoms with E-state index in [1.54, 1.807) is 0 Å². The molecule has 134 valence electrons. The maximum Gasteiger partial charge on any atom is 0.0776 e. The SMILES string of the molecule is c1ccc(COCCN2Cc3ccnn3[C@H](CN3CCCC3)C2)cc1. The molecular formula is C20H28N4O. The third-order valence-electron chi connectivity index (χ3n) is 5.28. The number of fused-ring (bicyclic) bond motifs is 1. The van der Waals surface area contributed by atoms with Crippen molar-refractivity contribution in [1.82, 2.24) is 19.6 Å². The number of likely N-dealkylation sites (tertiary alicyclic amines) is 1. The van der Waals surface area contributed by atoms with E-state index in [2.05, 4.69) is 49.9 Å². The van der Waals surface area contributed by atoms with Crippen LogP contribution in [-0.4, -0.2) is 58.9 Å². The largest absolute Gasteiger partial charge is 0.375 e. The van der Waals surface area contributed by atoms with Crippen LogP contribution in [0.5, 0.6) is 0 Å². The van der Waals surface area contributed by atoms with Crippen molar-refractivity contribution in [2.24, 2.45) is 0 Å². The van der Waals surface area contributed by atoms with Gasteiger partial charge in [-0.25, -0.2) is 0 Å². The van der Waals surface area contributed by atoms with Crippen LogP contribution < -0.4 is 0 Å². The van der Waals surface area contributed by atoms with Gasteiger partial charge in [-0.05, 0) is 37.6 Å². The molecule has 0 amide bonds. The standard InChI is InChI=1S/C20H28N4O/c1-2-6-18(7-3-1)17-25-13-12-23-14-19-8-9-21-24(19)20(16-23)15-22-10-4-5-11-22/h1-3,6-9,20H,4-5,10-17H2/t20-/m1/s1. The number of benzene rings is 1. The number of aromatic nitrogens is 2. The minimum atomic E-state index is 0.464. The third kappa shape index (κ3) is 4.29. The van der Waals surface area contributed by atoms with Crippen LogP contribution in [0.3, 0.4) is 0 Å². The van der Waals surface area contributed by atoms with E-state index in [9.17, 15) is 0 Å². The summed E-state index contributed by atoms with van der Waals surface area (Å²) in [7, 11) is 0. The molecule has 0 radical (unpaired) electrons. The molecule has 0 N–H and O–H groups in total. The number of ether oxygens (including phenoxy) is 1. The van der Waals surface area contributed by atoms with Gasteiger partial charge in [0.05, 0.1) is 24.9 Å². The first-order valence-electron chi connectivity index (χ1n) is 9.47. The molecule has 5 nitrogen and oxygen atoms in total. The van der Waals surface area contributed by atoms with Gasteiger partial charge in [0.2, 0.25) is 0 Å². The first kappa shape index (κ1) is 16.8. The molecular weight excluding hydrogens is 312 g/mol. The van der Waals surface area contributed by atoms with E-state index in [1.807, 2.05) is 12.3 Å². The van der Waals surface area contributed by atoms with Crippen LogP contribution in [0, 0.1) is 0 Å². The average molecular weight is 340 g/mol. The van der Waals surface area contributed by atoms with E-state index in [0.717, 1.165) is 32.8 Å². The van der Waals surface area contributed by atoms with Crippen molar-refractivity contribution in [2.75, 3.05) is 39.3 Å². The van der Waals surface area contributed by atoms with Gasteiger partial charge in [-0.2, -0.15) is 5.10 Å². The highest BCUT2D eigenvalue weighted by molar-refractivity contribution is 5.13. The van der Waals surface area contributed by atoms with Gasteiger partial charge in [0.15, 0.2) is 0 Å². The maximum atomic E-state index is 5.89. The van der Waals surface area contributed by atoms with Crippen molar-refractivity contribution in [1.29, 1.82) is 0 Å². The Bertz CT molecular complexity index is 651. The van der Waals surface area contributed by atoms with E-state index in [0.29, 0.717) is 12.6 Å². The van der Waals surface area contributed by atoms with Crippen LogP contribution in [0.25, 0.3) is 0 Å². The van der Waals surface area contributed by atoms with E-state index in [-0.39, 0.29) is 0 Å². The normalized spacial score (nSPS) is 21.5. The summed E-state index contributed by atoms with van der Waals surface area (Å²) in [5.41, 5.74) is 2.57. The summed E-state index contributed by atoms with van der Waals surface area (Å²) in [6.45, 7) is 8.11. The highest BCUT2D eigenvalue weighted by Crippen LogP contribution is 2.22. The molecule has 1 fully saturated rings. The summed E-state index contributed by atoms with van der Waals surface area (Å²) in [4.78, 5) is 5.11. The highest BCUT2D eigenvalue weighted by atomic mass is 16.5. The number of nitrogens with zero attached hydrogens (tertiary/aromatic N) is 4. The molecule has 0 bridgehead atoms. The first-order chi connectivity index (χ1) is 12.4. The van der Waals surface area contributed by atoms with Gasteiger partial charge in [0.1, 0.15) is 0 Å². The van der Waals surface area contributed by atoms with Crippen LogP contribution in [0.2, 0.25) is 0 Å². The fourth-order valence-electron chi connectivity index (χ4n) is 3.99. The minimum absolute atomic E-state index is 0.464. The molecule has 3 heterocycles. The molecule has 5 heteroatoms. The molecule has 1 saturated heterocycles. The lowest BCUT2D eigenvalue weighted by Crippen LogP contribution is -2.43. The van der Waals surface area contributed by atoms with Gasteiger partial charge in [-0.1, -0.05) is 30.3 Å². The molecule has 0 spiro atoms. The summed E-state index contributed by atoms with van der Waals surface area (Å²) < 4.78 is 8.14. The zero-order chi connectivity index (χ0) is 16.9. The van der Waals surface area contributed by atoms with Gasteiger partial charge in [0.25, 0.3) is 0 Å². The van der Waals surface area contributed by atoms with Crippen LogP contribution in [0.15, 0.2) is 42.6 Å². The summed E-state index contributed by atoms with van der Waals surface area (Å²) in [6, 6.07) is 13.0. The second kappa shape index (κ2) is 8.13. The van der Waals surface area contributed by atoms with Crippen molar-refractivity contribution in [2.45, 2.75) is 32.0 Å². The molecule has 1 aromatic carbocycles. The summed E-state index contributed by atoms with van der Waals surface area (Å²) in [6.07, 6.45) is 4.63. The Kier molecular flexibility index (Phi) is 5.45. The molecule has 2 aliphatic heterocycles. The molecule has 2 aromatic rings. The highest BCUT2D eigenvalue weighted by Gasteiger charge is 2.27. The number of hydrogen-bond donors (Lipinski definition) is 0. The van der Waals surface area contributed by atoms with Gasteiger partial charge in [-0.3, -0.25) is 9.58 Å². The second-order valence-electron chi connectivity index (χ2n) is 7.20. The van der Waals surface area contributed by atoms with Crippen LogP contribution in [-0.2, 0) is 17.9 Å². The maximum absolute atomic E-state index is 5.89. The predicted octanol–water partition coefficient (Wildman–Crippen LogP) is 2.55. The van der Waals surface area contributed by atoms with E-state index in [1.165, 1.54) is 37.2 Å². The van der Waals surface area contributed by atoms with Crippen molar-refractivity contribution >= 4 is 0 Å². The van der Waals surface area contributed by atoms with Crippen LogP contribution in [0.1, 0.15) is 30.1 Å². The van der Waals surface area contributed by atoms with Gasteiger partial charge in [0, 0.05) is 32.4 Å². The van der Waals surface area contributed by atoms with Crippen LogP contribution >= 0.6 is 0 Å². The molecule has 1 atom stereocenters. The quantitative estimate of drug-likeness (QED) is 0.726. The molecule has 0 saturated carbocycles. The fourth-order valence-corrected chi connectivity index (χ4v) is 3.99. The smallest absolute Gasteiger partial charge is 0.0776 e. The summed E-state index contributed by atoms with van der Waals surface area (Å²) >= 11 is 0. The minimum Gasteiger partial charge on any atom is -0.375 e. The molecule has 0 unspecified atom stereocenters. The zero-order valence-electron chi connectivity index (χ0n) is 14.9. The Morgan fingerprint density at radius 2 is 1.88 bits per heavy atom. The monoisotopic (exact) mass is 340 g/mol. The van der Waals surface area contributed by atoms with Crippen molar-refractivity contribution in [3.05, 3.63) is 53.9 Å². The van der Waals surface area contributed by atoms with Gasteiger partial charge < -0.3 is 9.64 Å². The lowest BCUT2D eigenvalue weighted by atomic mass is 10.2. The Hall–Kier alpha value is -1.69. The van der Waals surface area contributed by atoms with Crippen molar-refractivity contribution in [3.8, 4) is 0 Å². The summed E-state index contributed by atoms with van der Waals surface area (Å²) in [5, 5.41) is 4.58. The Morgan fingerprint density at radius 1 is 1.04 bits per heavy atom.